The van der Waals surface area contributed by atoms with E-state index >= 15 is 0 Å². The van der Waals surface area contributed by atoms with Gasteiger partial charge in [0, 0.05) is 13.6 Å². The van der Waals surface area contributed by atoms with Gasteiger partial charge >= 0.3 is 6.09 Å². The van der Waals surface area contributed by atoms with E-state index in [4.69, 9.17) is 10.5 Å². The number of nitrogens with zero attached hydrogens (tertiary/aromatic N) is 1. The first-order chi connectivity index (χ1) is 9.28. The number of carbonyl (C=O) groups is 1. The third-order valence-corrected chi connectivity index (χ3v) is 3.76. The third kappa shape index (κ3) is 2.96. The van der Waals surface area contributed by atoms with Gasteiger partial charge in [-0.2, -0.15) is 0 Å². The fourth-order valence-corrected chi connectivity index (χ4v) is 2.39. The quantitative estimate of drug-likeness (QED) is 0.923. The lowest BCUT2D eigenvalue weighted by molar-refractivity contribution is 0.0190. The Morgan fingerprint density at radius 3 is 2.25 bits per heavy atom. The highest BCUT2D eigenvalue weighted by atomic mass is 16.6. The van der Waals surface area contributed by atoms with E-state index in [1.165, 1.54) is 0 Å². The fraction of sp³-hybridized carbons (Fsp3) is 0.562. The maximum Gasteiger partial charge on any atom is 0.410 e. The minimum Gasteiger partial charge on any atom is -0.444 e. The van der Waals surface area contributed by atoms with Gasteiger partial charge in [0.15, 0.2) is 0 Å². The summed E-state index contributed by atoms with van der Waals surface area (Å²) in [7, 11) is 1.82. The normalized spacial score (nSPS) is 16.6. The minimum atomic E-state index is -0.467. The monoisotopic (exact) mass is 276 g/mol. The van der Waals surface area contributed by atoms with Crippen LogP contribution in [-0.4, -0.2) is 23.6 Å². The molecule has 0 unspecified atom stereocenters. The number of benzene rings is 1. The van der Waals surface area contributed by atoms with Gasteiger partial charge in [-0.15, -0.1) is 0 Å². The molecule has 2 N–H and O–H groups in total. The summed E-state index contributed by atoms with van der Waals surface area (Å²) in [5, 5.41) is 0. The van der Waals surface area contributed by atoms with Crippen LogP contribution in [0.1, 0.15) is 44.7 Å². The fourth-order valence-electron chi connectivity index (χ4n) is 2.39. The Balaban J connectivity index is 2.15. The number of hydrogen-bond acceptors (Lipinski definition) is 3. The van der Waals surface area contributed by atoms with Crippen molar-refractivity contribution in [2.45, 2.75) is 51.3 Å². The average Bonchev–Trinajstić information content (AvgIpc) is 3.17. The molecule has 1 aromatic rings. The average molecular weight is 276 g/mol. The molecule has 0 heterocycles. The van der Waals surface area contributed by atoms with Gasteiger partial charge in [-0.1, -0.05) is 24.3 Å². The largest absolute Gasteiger partial charge is 0.444 e. The topological polar surface area (TPSA) is 55.6 Å². The van der Waals surface area contributed by atoms with Crippen LogP contribution in [-0.2, 0) is 16.8 Å². The van der Waals surface area contributed by atoms with Crippen LogP contribution in [0.4, 0.5) is 4.79 Å². The molecule has 0 bridgehead atoms. The molecular weight excluding hydrogens is 252 g/mol. The zero-order valence-electron chi connectivity index (χ0n) is 12.8. The smallest absolute Gasteiger partial charge is 0.410 e. The van der Waals surface area contributed by atoms with E-state index in [0.29, 0.717) is 6.54 Å². The Hall–Kier alpha value is -1.55. The second kappa shape index (κ2) is 5.09. The highest BCUT2D eigenvalue weighted by molar-refractivity contribution is 5.70. The van der Waals surface area contributed by atoms with Crippen molar-refractivity contribution in [3.63, 3.8) is 0 Å². The maximum absolute atomic E-state index is 12.2. The van der Waals surface area contributed by atoms with Crippen molar-refractivity contribution in [2.75, 3.05) is 7.05 Å². The second-order valence-electron chi connectivity index (χ2n) is 6.47. The standard InChI is InChI=1S/C16H24N2O2/c1-15(2,3)20-14(19)18(4)16(9-10-16)13-7-5-12(11-17)6-8-13/h5-8H,9-11,17H2,1-4H3. The summed E-state index contributed by atoms with van der Waals surface area (Å²) in [6.07, 6.45) is 1.69. The van der Waals surface area contributed by atoms with Crippen LogP contribution in [0.25, 0.3) is 0 Å². The first-order valence-electron chi connectivity index (χ1n) is 7.05. The number of carbonyl (C=O) groups excluding carboxylic acids is 1. The Morgan fingerprint density at radius 2 is 1.85 bits per heavy atom. The van der Waals surface area contributed by atoms with Crippen LogP contribution in [0.2, 0.25) is 0 Å². The molecule has 110 valence electrons. The summed E-state index contributed by atoms with van der Waals surface area (Å²) in [5.74, 6) is 0. The molecule has 0 spiro atoms. The summed E-state index contributed by atoms with van der Waals surface area (Å²) >= 11 is 0. The zero-order chi connectivity index (χ0) is 15.0. The first-order valence-corrected chi connectivity index (χ1v) is 7.05. The van der Waals surface area contributed by atoms with E-state index in [9.17, 15) is 4.79 Å². The van der Waals surface area contributed by atoms with Crippen LogP contribution in [0.15, 0.2) is 24.3 Å². The summed E-state index contributed by atoms with van der Waals surface area (Å²) in [5.41, 5.74) is 7.21. The molecule has 0 aromatic heterocycles. The van der Waals surface area contributed by atoms with E-state index < -0.39 is 5.60 Å². The van der Waals surface area contributed by atoms with Gasteiger partial charge in [0.1, 0.15) is 5.60 Å². The van der Waals surface area contributed by atoms with Gasteiger partial charge in [0.2, 0.25) is 0 Å². The SMILES string of the molecule is CN(C(=O)OC(C)(C)C)C1(c2ccc(CN)cc2)CC1. The lowest BCUT2D eigenvalue weighted by atomic mass is 10.0. The molecule has 0 atom stereocenters. The molecule has 0 radical (unpaired) electrons. The van der Waals surface area contributed by atoms with Crippen LogP contribution in [0.5, 0.6) is 0 Å². The Morgan fingerprint density at radius 1 is 1.30 bits per heavy atom. The summed E-state index contributed by atoms with van der Waals surface area (Å²) in [4.78, 5) is 14.0. The summed E-state index contributed by atoms with van der Waals surface area (Å²) < 4.78 is 5.46. The predicted molar refractivity (Wildman–Crippen MR) is 79.2 cm³/mol. The number of hydrogen-bond donors (Lipinski definition) is 1. The zero-order valence-corrected chi connectivity index (χ0v) is 12.8. The molecule has 1 aliphatic rings. The van der Waals surface area contributed by atoms with E-state index in [-0.39, 0.29) is 11.6 Å². The number of amides is 1. The van der Waals surface area contributed by atoms with E-state index in [2.05, 4.69) is 12.1 Å². The van der Waals surface area contributed by atoms with E-state index in [0.717, 1.165) is 24.0 Å². The van der Waals surface area contributed by atoms with E-state index in [1.54, 1.807) is 4.90 Å². The highest BCUT2D eigenvalue weighted by Crippen LogP contribution is 2.50. The van der Waals surface area contributed by atoms with Gasteiger partial charge in [0.25, 0.3) is 0 Å². The van der Waals surface area contributed by atoms with Crippen LogP contribution < -0.4 is 5.73 Å². The first kappa shape index (κ1) is 14.9. The van der Waals surface area contributed by atoms with Crippen molar-refractivity contribution in [3.05, 3.63) is 35.4 Å². The molecule has 20 heavy (non-hydrogen) atoms. The summed E-state index contributed by atoms with van der Waals surface area (Å²) in [6.45, 7) is 6.19. The van der Waals surface area contributed by atoms with Crippen molar-refractivity contribution in [3.8, 4) is 0 Å². The lowest BCUT2D eigenvalue weighted by Crippen LogP contribution is -2.40. The number of rotatable bonds is 3. The maximum atomic E-state index is 12.2. The molecule has 4 heteroatoms. The molecule has 1 fully saturated rings. The molecule has 2 rings (SSSR count). The number of nitrogens with two attached hydrogens (primary N) is 1. The molecule has 4 nitrogen and oxygen atoms in total. The third-order valence-electron chi connectivity index (χ3n) is 3.76. The Kier molecular flexibility index (Phi) is 3.78. The lowest BCUT2D eigenvalue weighted by Gasteiger charge is -2.31. The molecule has 0 aliphatic heterocycles. The highest BCUT2D eigenvalue weighted by Gasteiger charge is 2.50. The van der Waals surface area contributed by atoms with Gasteiger partial charge in [-0.05, 0) is 44.7 Å². The van der Waals surface area contributed by atoms with Crippen molar-refractivity contribution in [2.24, 2.45) is 5.73 Å². The van der Waals surface area contributed by atoms with Gasteiger partial charge in [-0.25, -0.2) is 4.79 Å². The minimum absolute atomic E-state index is 0.199. The van der Waals surface area contributed by atoms with Crippen LogP contribution in [0.3, 0.4) is 0 Å². The molecule has 1 aromatic carbocycles. The second-order valence-corrected chi connectivity index (χ2v) is 6.47. The van der Waals surface area contributed by atoms with Crippen LogP contribution in [0, 0.1) is 0 Å². The predicted octanol–water partition coefficient (Wildman–Crippen LogP) is 3.00. The van der Waals surface area contributed by atoms with Crippen molar-refractivity contribution < 1.29 is 9.53 Å². The van der Waals surface area contributed by atoms with Gasteiger partial charge < -0.3 is 15.4 Å². The van der Waals surface area contributed by atoms with Crippen molar-refractivity contribution in [1.82, 2.24) is 4.90 Å². The molecule has 0 saturated heterocycles. The molecular formula is C16H24N2O2. The van der Waals surface area contributed by atoms with Gasteiger partial charge in [0.05, 0.1) is 5.54 Å². The van der Waals surface area contributed by atoms with Crippen molar-refractivity contribution >= 4 is 6.09 Å². The van der Waals surface area contributed by atoms with Gasteiger partial charge in [-0.3, -0.25) is 0 Å². The molecule has 1 aliphatic carbocycles. The molecule has 1 saturated carbocycles. The van der Waals surface area contributed by atoms with Crippen molar-refractivity contribution in [1.29, 1.82) is 0 Å². The Bertz CT molecular complexity index is 484. The van der Waals surface area contributed by atoms with Crippen LogP contribution >= 0.6 is 0 Å². The Labute approximate surface area is 120 Å². The molecule has 1 amide bonds. The van der Waals surface area contributed by atoms with E-state index in [1.807, 2.05) is 40.0 Å². The summed E-state index contributed by atoms with van der Waals surface area (Å²) in [6, 6.07) is 8.18. The number of ether oxygens (including phenoxy) is 1.